The zero-order valence-corrected chi connectivity index (χ0v) is 22.8. The predicted molar refractivity (Wildman–Crippen MR) is 137 cm³/mol. The Morgan fingerprint density at radius 3 is 1.11 bits per heavy atom. The quantitative estimate of drug-likeness (QED) is 0.0994. The van der Waals surface area contributed by atoms with Crippen LogP contribution in [0.1, 0.15) is 52.4 Å². The lowest BCUT2D eigenvalue weighted by Gasteiger charge is -2.09. The van der Waals surface area contributed by atoms with Gasteiger partial charge in [-0.25, -0.2) is 0 Å². The van der Waals surface area contributed by atoms with E-state index in [1.54, 1.807) is 0 Å². The Morgan fingerprint density at radius 2 is 0.750 bits per heavy atom. The predicted octanol–water partition coefficient (Wildman–Crippen LogP) is 3.04. The van der Waals surface area contributed by atoms with Crippen LogP contribution < -0.4 is 0 Å². The minimum Gasteiger partial charge on any atom is -0.463 e. The van der Waals surface area contributed by atoms with Crippen molar-refractivity contribution in [2.45, 2.75) is 52.4 Å². The number of carbonyl (C=O) groups is 1. The molecule has 0 aromatic carbocycles. The molecule has 0 amide bonds. The van der Waals surface area contributed by atoms with Crippen LogP contribution >= 0.6 is 0 Å². The first-order chi connectivity index (χ1) is 17.8. The third-order valence-corrected chi connectivity index (χ3v) is 4.78. The standard InChI is InChI=1S/C26H52O10/c1-3-5-6-7-8-9-26(27)36-25-24-35-23-22-34-21-20-33-19-18-32-17-16-31-15-14-30-13-12-29-11-10-28-4-2/h3-25H2,1-2H3. The Kier molecular flexibility index (Phi) is 31.4. The molecule has 10 heteroatoms. The minimum atomic E-state index is -0.142. The van der Waals surface area contributed by atoms with E-state index in [1.165, 1.54) is 19.3 Å². The van der Waals surface area contributed by atoms with Crippen molar-refractivity contribution < 1.29 is 47.4 Å². The van der Waals surface area contributed by atoms with Crippen LogP contribution in [0.4, 0.5) is 0 Å². The molecule has 0 bridgehead atoms. The summed E-state index contributed by atoms with van der Waals surface area (Å²) in [4.78, 5) is 11.6. The molecular formula is C26H52O10. The summed E-state index contributed by atoms with van der Waals surface area (Å²) in [5.74, 6) is -0.142. The molecule has 36 heavy (non-hydrogen) atoms. The highest BCUT2D eigenvalue weighted by atomic mass is 16.6. The molecule has 0 N–H and O–H groups in total. The second kappa shape index (κ2) is 32.2. The molecule has 0 unspecified atom stereocenters. The summed E-state index contributed by atoms with van der Waals surface area (Å²) in [6, 6.07) is 0. The van der Waals surface area contributed by atoms with Gasteiger partial charge in [0, 0.05) is 13.0 Å². The highest BCUT2D eigenvalue weighted by Gasteiger charge is 2.02. The molecular weight excluding hydrogens is 472 g/mol. The lowest BCUT2D eigenvalue weighted by molar-refractivity contribution is -0.145. The third kappa shape index (κ3) is 31.2. The first kappa shape index (κ1) is 35.2. The Hall–Kier alpha value is -0.850. The van der Waals surface area contributed by atoms with Crippen molar-refractivity contribution in [3.63, 3.8) is 0 Å². The van der Waals surface area contributed by atoms with Crippen molar-refractivity contribution in [3.8, 4) is 0 Å². The van der Waals surface area contributed by atoms with E-state index in [1.807, 2.05) is 6.92 Å². The normalized spacial score (nSPS) is 11.3. The van der Waals surface area contributed by atoms with Gasteiger partial charge in [0.15, 0.2) is 0 Å². The van der Waals surface area contributed by atoms with Crippen LogP contribution in [0.3, 0.4) is 0 Å². The van der Waals surface area contributed by atoms with E-state index >= 15 is 0 Å². The Bertz CT molecular complexity index is 426. The number of rotatable bonds is 31. The van der Waals surface area contributed by atoms with E-state index in [0.717, 1.165) is 12.8 Å². The van der Waals surface area contributed by atoms with E-state index in [9.17, 15) is 4.79 Å². The zero-order valence-electron chi connectivity index (χ0n) is 22.8. The first-order valence-corrected chi connectivity index (χ1v) is 13.6. The van der Waals surface area contributed by atoms with Crippen molar-refractivity contribution in [2.24, 2.45) is 0 Å². The molecule has 0 heterocycles. The molecule has 0 aliphatic heterocycles. The number of ether oxygens (including phenoxy) is 9. The largest absolute Gasteiger partial charge is 0.463 e. The average Bonchev–Trinajstić information content (AvgIpc) is 2.88. The van der Waals surface area contributed by atoms with Gasteiger partial charge in [0.05, 0.1) is 99.1 Å². The number of carbonyl (C=O) groups excluding carboxylic acids is 1. The molecule has 216 valence electrons. The molecule has 0 aliphatic carbocycles. The molecule has 0 fully saturated rings. The SMILES string of the molecule is CCCCCCCC(=O)OCCOCCOCCOCCOCCOCCOCCOCCOCC. The van der Waals surface area contributed by atoms with E-state index in [2.05, 4.69) is 6.92 Å². The Labute approximate surface area is 218 Å². The molecule has 0 atom stereocenters. The van der Waals surface area contributed by atoms with Crippen LogP contribution in [0.15, 0.2) is 0 Å². The lowest BCUT2D eigenvalue weighted by Crippen LogP contribution is -2.15. The maximum absolute atomic E-state index is 11.6. The summed E-state index contributed by atoms with van der Waals surface area (Å²) in [7, 11) is 0. The van der Waals surface area contributed by atoms with E-state index in [0.29, 0.717) is 119 Å². The first-order valence-electron chi connectivity index (χ1n) is 13.6. The topological polar surface area (TPSA) is 100 Å². The second-order valence-corrected chi connectivity index (χ2v) is 7.87. The fourth-order valence-electron chi connectivity index (χ4n) is 2.84. The van der Waals surface area contributed by atoms with Crippen LogP contribution in [-0.4, -0.2) is 118 Å². The molecule has 0 aliphatic rings. The van der Waals surface area contributed by atoms with Gasteiger partial charge in [-0.15, -0.1) is 0 Å². The summed E-state index contributed by atoms with van der Waals surface area (Å²) in [5.41, 5.74) is 0. The van der Waals surface area contributed by atoms with Gasteiger partial charge in [-0.3, -0.25) is 4.79 Å². The smallest absolute Gasteiger partial charge is 0.305 e. The van der Waals surface area contributed by atoms with Gasteiger partial charge in [0.2, 0.25) is 0 Å². The van der Waals surface area contributed by atoms with Crippen LogP contribution in [-0.2, 0) is 47.4 Å². The fourth-order valence-corrected chi connectivity index (χ4v) is 2.84. The van der Waals surface area contributed by atoms with Crippen molar-refractivity contribution >= 4 is 5.97 Å². The Morgan fingerprint density at radius 1 is 0.417 bits per heavy atom. The molecule has 0 aromatic rings. The van der Waals surface area contributed by atoms with Crippen LogP contribution in [0.2, 0.25) is 0 Å². The summed E-state index contributed by atoms with van der Waals surface area (Å²) in [6.45, 7) is 12.9. The van der Waals surface area contributed by atoms with Gasteiger partial charge in [0.25, 0.3) is 0 Å². The molecule has 0 radical (unpaired) electrons. The van der Waals surface area contributed by atoms with Crippen molar-refractivity contribution in [2.75, 3.05) is 112 Å². The highest BCUT2D eigenvalue weighted by molar-refractivity contribution is 5.69. The van der Waals surface area contributed by atoms with Gasteiger partial charge in [-0.2, -0.15) is 0 Å². The highest BCUT2D eigenvalue weighted by Crippen LogP contribution is 2.05. The number of unbranched alkanes of at least 4 members (excludes halogenated alkanes) is 4. The van der Waals surface area contributed by atoms with Gasteiger partial charge in [-0.1, -0.05) is 32.6 Å². The number of esters is 1. The van der Waals surface area contributed by atoms with E-state index in [-0.39, 0.29) is 5.97 Å². The lowest BCUT2D eigenvalue weighted by atomic mass is 10.1. The second-order valence-electron chi connectivity index (χ2n) is 7.87. The van der Waals surface area contributed by atoms with Gasteiger partial charge < -0.3 is 42.6 Å². The van der Waals surface area contributed by atoms with Gasteiger partial charge in [-0.05, 0) is 13.3 Å². The van der Waals surface area contributed by atoms with E-state index in [4.69, 9.17) is 42.6 Å². The monoisotopic (exact) mass is 524 g/mol. The molecule has 0 saturated heterocycles. The third-order valence-electron chi connectivity index (χ3n) is 4.78. The molecule has 10 nitrogen and oxygen atoms in total. The van der Waals surface area contributed by atoms with Crippen molar-refractivity contribution in [1.29, 1.82) is 0 Å². The maximum Gasteiger partial charge on any atom is 0.305 e. The van der Waals surface area contributed by atoms with E-state index < -0.39 is 0 Å². The van der Waals surface area contributed by atoms with Crippen LogP contribution in [0.5, 0.6) is 0 Å². The molecule has 0 rings (SSSR count). The number of hydrogen-bond donors (Lipinski definition) is 0. The minimum absolute atomic E-state index is 0.142. The van der Waals surface area contributed by atoms with Crippen molar-refractivity contribution in [3.05, 3.63) is 0 Å². The zero-order chi connectivity index (χ0) is 26.2. The maximum atomic E-state index is 11.6. The van der Waals surface area contributed by atoms with Crippen LogP contribution in [0, 0.1) is 0 Å². The molecule has 0 spiro atoms. The van der Waals surface area contributed by atoms with Gasteiger partial charge in [0.1, 0.15) is 6.61 Å². The summed E-state index contributed by atoms with van der Waals surface area (Å²) in [5, 5.41) is 0. The fraction of sp³-hybridized carbons (Fsp3) is 0.962. The van der Waals surface area contributed by atoms with Crippen molar-refractivity contribution in [1.82, 2.24) is 0 Å². The average molecular weight is 525 g/mol. The van der Waals surface area contributed by atoms with Gasteiger partial charge >= 0.3 is 5.97 Å². The Balaban J connectivity index is 3.08. The molecule has 0 aromatic heterocycles. The summed E-state index contributed by atoms with van der Waals surface area (Å²) in [6.07, 6.45) is 6.11. The summed E-state index contributed by atoms with van der Waals surface area (Å²) >= 11 is 0. The van der Waals surface area contributed by atoms with Crippen LogP contribution in [0.25, 0.3) is 0 Å². The molecule has 0 saturated carbocycles. The number of hydrogen-bond acceptors (Lipinski definition) is 10. The summed E-state index contributed by atoms with van der Waals surface area (Å²) < 4.78 is 48.2.